The van der Waals surface area contributed by atoms with E-state index in [1.807, 2.05) is 0 Å². The van der Waals surface area contributed by atoms with Gasteiger partial charge in [-0.25, -0.2) is 0 Å². The summed E-state index contributed by atoms with van der Waals surface area (Å²) in [4.78, 5) is 2.32. The summed E-state index contributed by atoms with van der Waals surface area (Å²) in [6.45, 7) is 0. The van der Waals surface area contributed by atoms with Gasteiger partial charge in [0.05, 0.1) is 0 Å². The first-order valence-electron chi connectivity index (χ1n) is 14.4. The second kappa shape index (κ2) is 12.2. The normalized spacial score (nSPS) is 21.9. The number of anilines is 3. The molecule has 3 unspecified atom stereocenters. The second-order valence-corrected chi connectivity index (χ2v) is 10.9. The average molecular weight is 508 g/mol. The minimum atomic E-state index is 0.610. The van der Waals surface area contributed by atoms with E-state index in [1.54, 1.807) is 0 Å². The molecule has 0 aromatic heterocycles. The summed E-state index contributed by atoms with van der Waals surface area (Å²) < 4.78 is 0. The molecule has 39 heavy (non-hydrogen) atoms. The van der Waals surface area contributed by atoms with E-state index in [0.29, 0.717) is 17.8 Å². The summed E-state index contributed by atoms with van der Waals surface area (Å²) in [5.41, 5.74) is 7.73. The maximum atomic E-state index is 2.45. The van der Waals surface area contributed by atoms with Gasteiger partial charge in [-0.3, -0.25) is 0 Å². The Balaban J connectivity index is 1.04. The van der Waals surface area contributed by atoms with Crippen LogP contribution in [0.1, 0.15) is 31.2 Å². The van der Waals surface area contributed by atoms with Gasteiger partial charge in [0.1, 0.15) is 0 Å². The van der Waals surface area contributed by atoms with E-state index >= 15 is 0 Å². The standard InChI is InChI=1S/C38H37N/c1-4-10-32(11-5-1)34-24-26-35(27-25-34)33-22-18-30(19-23-33)16-17-31-20-28-38(29-21-31)39(36-12-6-2-7-13-36)37-14-8-3-9-15-37/h1-10,12-15,18,20-24,26-30,32,34H,11,16-17,19,25H2. The van der Waals surface area contributed by atoms with Gasteiger partial charge in [-0.15, -0.1) is 0 Å². The van der Waals surface area contributed by atoms with Gasteiger partial charge in [0, 0.05) is 17.1 Å². The highest BCUT2D eigenvalue weighted by Gasteiger charge is 2.20. The Morgan fingerprint density at radius 2 is 1.18 bits per heavy atom. The molecule has 0 amide bonds. The van der Waals surface area contributed by atoms with E-state index < -0.39 is 0 Å². The summed E-state index contributed by atoms with van der Waals surface area (Å²) in [6.07, 6.45) is 29.2. The number of aryl methyl sites for hydroxylation is 1. The lowest BCUT2D eigenvalue weighted by molar-refractivity contribution is 0.476. The zero-order chi connectivity index (χ0) is 26.3. The molecule has 1 nitrogen and oxygen atoms in total. The number of benzene rings is 3. The largest absolute Gasteiger partial charge is 0.311 e. The predicted octanol–water partition coefficient (Wildman–Crippen LogP) is 10.2. The smallest absolute Gasteiger partial charge is 0.0461 e. The van der Waals surface area contributed by atoms with Gasteiger partial charge in [0.2, 0.25) is 0 Å². The molecule has 0 saturated carbocycles. The summed E-state index contributed by atoms with van der Waals surface area (Å²) >= 11 is 0. The van der Waals surface area contributed by atoms with E-state index in [0.717, 1.165) is 19.3 Å². The van der Waals surface area contributed by atoms with Gasteiger partial charge >= 0.3 is 0 Å². The van der Waals surface area contributed by atoms with Crippen molar-refractivity contribution >= 4 is 17.1 Å². The molecule has 3 aromatic carbocycles. The monoisotopic (exact) mass is 507 g/mol. The molecule has 0 saturated heterocycles. The third kappa shape index (κ3) is 6.15. The first kappa shape index (κ1) is 25.2. The van der Waals surface area contributed by atoms with Crippen molar-refractivity contribution in [1.82, 2.24) is 0 Å². The van der Waals surface area contributed by atoms with Crippen molar-refractivity contribution in [3.63, 3.8) is 0 Å². The van der Waals surface area contributed by atoms with E-state index in [-0.39, 0.29) is 0 Å². The second-order valence-electron chi connectivity index (χ2n) is 10.9. The van der Waals surface area contributed by atoms with Crippen molar-refractivity contribution in [3.05, 3.63) is 162 Å². The topological polar surface area (TPSA) is 3.24 Å². The van der Waals surface area contributed by atoms with Crippen LogP contribution in [0, 0.1) is 17.8 Å². The van der Waals surface area contributed by atoms with E-state index in [9.17, 15) is 0 Å². The molecule has 3 aliphatic carbocycles. The van der Waals surface area contributed by atoms with Gasteiger partial charge in [-0.05, 0) is 103 Å². The minimum Gasteiger partial charge on any atom is -0.311 e. The maximum absolute atomic E-state index is 2.45. The predicted molar refractivity (Wildman–Crippen MR) is 166 cm³/mol. The summed E-state index contributed by atoms with van der Waals surface area (Å²) in [5.74, 6) is 1.89. The van der Waals surface area contributed by atoms with Gasteiger partial charge in [0.15, 0.2) is 0 Å². The summed E-state index contributed by atoms with van der Waals surface area (Å²) in [5, 5.41) is 0. The van der Waals surface area contributed by atoms with Gasteiger partial charge in [-0.2, -0.15) is 0 Å². The van der Waals surface area contributed by atoms with Crippen LogP contribution < -0.4 is 4.90 Å². The lowest BCUT2D eigenvalue weighted by Gasteiger charge is -2.25. The molecule has 0 N–H and O–H groups in total. The van der Waals surface area contributed by atoms with Crippen molar-refractivity contribution in [2.45, 2.75) is 32.1 Å². The van der Waals surface area contributed by atoms with Crippen LogP contribution in [0.15, 0.2) is 157 Å². The van der Waals surface area contributed by atoms with Crippen LogP contribution in [0.5, 0.6) is 0 Å². The molecule has 3 atom stereocenters. The van der Waals surface area contributed by atoms with Crippen molar-refractivity contribution in [1.29, 1.82) is 0 Å². The lowest BCUT2D eigenvalue weighted by Crippen LogP contribution is -2.13. The van der Waals surface area contributed by atoms with Crippen LogP contribution in [0.3, 0.4) is 0 Å². The van der Waals surface area contributed by atoms with Crippen LogP contribution in [-0.4, -0.2) is 0 Å². The highest BCUT2D eigenvalue weighted by molar-refractivity contribution is 5.76. The van der Waals surface area contributed by atoms with Crippen LogP contribution in [-0.2, 0) is 6.42 Å². The molecule has 194 valence electrons. The van der Waals surface area contributed by atoms with E-state index in [4.69, 9.17) is 0 Å². The maximum Gasteiger partial charge on any atom is 0.0461 e. The third-order valence-electron chi connectivity index (χ3n) is 8.25. The molecule has 6 rings (SSSR count). The number of hydrogen-bond donors (Lipinski definition) is 0. The fourth-order valence-corrected chi connectivity index (χ4v) is 5.94. The van der Waals surface area contributed by atoms with Crippen molar-refractivity contribution in [2.24, 2.45) is 17.8 Å². The molecule has 0 aliphatic heterocycles. The average Bonchev–Trinajstić information content (AvgIpc) is 3.03. The van der Waals surface area contributed by atoms with Gasteiger partial charge in [-0.1, -0.05) is 109 Å². The lowest BCUT2D eigenvalue weighted by atomic mass is 9.80. The van der Waals surface area contributed by atoms with Gasteiger partial charge in [0.25, 0.3) is 0 Å². The quantitative estimate of drug-likeness (QED) is 0.293. The van der Waals surface area contributed by atoms with E-state index in [1.165, 1.54) is 46.6 Å². The number of para-hydroxylation sites is 2. The van der Waals surface area contributed by atoms with Gasteiger partial charge < -0.3 is 4.90 Å². The number of rotatable bonds is 8. The fourth-order valence-electron chi connectivity index (χ4n) is 5.94. The Bertz CT molecular complexity index is 1380. The number of allylic oxidation sites excluding steroid dienone is 12. The zero-order valence-corrected chi connectivity index (χ0v) is 22.6. The van der Waals surface area contributed by atoms with Crippen molar-refractivity contribution in [3.8, 4) is 0 Å². The molecular formula is C38H37N. The highest BCUT2D eigenvalue weighted by Crippen LogP contribution is 2.35. The fraction of sp³-hybridized carbons (Fsp3) is 0.211. The van der Waals surface area contributed by atoms with Crippen LogP contribution in [0.4, 0.5) is 17.1 Å². The Kier molecular flexibility index (Phi) is 7.86. The van der Waals surface area contributed by atoms with Crippen LogP contribution >= 0.6 is 0 Å². The SMILES string of the molecule is C1=CCC(C2C=CC(C3=CCC(CCc4ccc(N(c5ccccc5)c5ccccc5)cc4)C=C3)=CC2)C=C1. The number of nitrogens with zero attached hydrogens (tertiary/aromatic N) is 1. The Hall–Kier alpha value is -4.10. The number of hydrogen-bond acceptors (Lipinski definition) is 1. The Labute approximate surface area is 233 Å². The van der Waals surface area contributed by atoms with Crippen molar-refractivity contribution in [2.75, 3.05) is 4.90 Å². The third-order valence-corrected chi connectivity index (χ3v) is 8.25. The van der Waals surface area contributed by atoms with Crippen LogP contribution in [0.2, 0.25) is 0 Å². The molecule has 0 fully saturated rings. The first-order chi connectivity index (χ1) is 19.3. The molecule has 3 aromatic rings. The first-order valence-corrected chi connectivity index (χ1v) is 14.4. The molecule has 1 heteroatoms. The highest BCUT2D eigenvalue weighted by atomic mass is 15.1. The molecule has 0 spiro atoms. The molecular weight excluding hydrogens is 470 g/mol. The summed E-state index contributed by atoms with van der Waals surface area (Å²) in [6, 6.07) is 30.3. The summed E-state index contributed by atoms with van der Waals surface area (Å²) in [7, 11) is 0. The minimum absolute atomic E-state index is 0.610. The Morgan fingerprint density at radius 1 is 0.564 bits per heavy atom. The molecule has 3 aliphatic rings. The van der Waals surface area contributed by atoms with E-state index in [2.05, 4.69) is 151 Å². The molecule has 0 radical (unpaired) electrons. The van der Waals surface area contributed by atoms with Crippen LogP contribution in [0.25, 0.3) is 0 Å². The molecule has 0 bridgehead atoms. The zero-order valence-electron chi connectivity index (χ0n) is 22.6. The molecule has 0 heterocycles. The Morgan fingerprint density at radius 3 is 1.74 bits per heavy atom. The van der Waals surface area contributed by atoms with Crippen molar-refractivity contribution < 1.29 is 0 Å².